The summed E-state index contributed by atoms with van der Waals surface area (Å²) >= 11 is 0. The van der Waals surface area contributed by atoms with Gasteiger partial charge in [-0.05, 0) is 45.6 Å². The summed E-state index contributed by atoms with van der Waals surface area (Å²) < 4.78 is 5.71. The van der Waals surface area contributed by atoms with Gasteiger partial charge in [-0.1, -0.05) is 6.07 Å². The van der Waals surface area contributed by atoms with Crippen LogP contribution >= 0.6 is 0 Å². The highest BCUT2D eigenvalue weighted by molar-refractivity contribution is 5.25. The quantitative estimate of drug-likeness (QED) is 0.856. The molecule has 1 aromatic heterocycles. The van der Waals surface area contributed by atoms with Gasteiger partial charge in [-0.15, -0.1) is 0 Å². The molecule has 1 aromatic rings. The molecule has 0 aromatic carbocycles. The summed E-state index contributed by atoms with van der Waals surface area (Å²) in [6.07, 6.45) is 5.69. The van der Waals surface area contributed by atoms with Crippen LogP contribution in [0.25, 0.3) is 0 Å². The second kappa shape index (κ2) is 6.87. The molecule has 4 nitrogen and oxygen atoms in total. The number of aliphatic hydroxyl groups excluding tert-OH is 1. The van der Waals surface area contributed by atoms with E-state index in [0.717, 1.165) is 43.7 Å². The maximum atomic E-state index is 9.50. The average molecular weight is 264 g/mol. The molecular weight excluding hydrogens is 240 g/mol. The van der Waals surface area contributed by atoms with Gasteiger partial charge in [-0.2, -0.15) is 0 Å². The average Bonchev–Trinajstić information content (AvgIpc) is 2.39. The lowest BCUT2D eigenvalue weighted by molar-refractivity contribution is 0.116. The van der Waals surface area contributed by atoms with Crippen LogP contribution in [0.15, 0.2) is 18.3 Å². The van der Waals surface area contributed by atoms with Crippen molar-refractivity contribution in [1.82, 2.24) is 10.3 Å². The molecule has 1 heterocycles. The van der Waals surface area contributed by atoms with Gasteiger partial charge in [-0.25, -0.2) is 4.98 Å². The van der Waals surface area contributed by atoms with Crippen LogP contribution in [0.1, 0.15) is 45.1 Å². The number of aromatic nitrogens is 1. The number of hydrogen-bond acceptors (Lipinski definition) is 4. The van der Waals surface area contributed by atoms with Gasteiger partial charge in [0.1, 0.15) is 0 Å². The third-order valence-corrected chi connectivity index (χ3v) is 3.48. The van der Waals surface area contributed by atoms with Crippen molar-refractivity contribution >= 4 is 0 Å². The molecule has 2 N–H and O–H groups in total. The van der Waals surface area contributed by atoms with Crippen LogP contribution in [-0.2, 0) is 6.54 Å². The van der Waals surface area contributed by atoms with E-state index in [1.807, 2.05) is 19.9 Å². The third-order valence-electron chi connectivity index (χ3n) is 3.48. The Hall–Kier alpha value is -1.13. The topological polar surface area (TPSA) is 54.4 Å². The number of ether oxygens (including phenoxy) is 1. The highest BCUT2D eigenvalue weighted by Gasteiger charge is 2.19. The van der Waals surface area contributed by atoms with Crippen molar-refractivity contribution in [3.05, 3.63) is 23.9 Å². The van der Waals surface area contributed by atoms with Crippen LogP contribution < -0.4 is 10.1 Å². The highest BCUT2D eigenvalue weighted by atomic mass is 16.5. The number of nitrogens with zero attached hydrogens (tertiary/aromatic N) is 1. The van der Waals surface area contributed by atoms with E-state index in [2.05, 4.69) is 16.4 Å². The number of nitrogens with one attached hydrogen (secondary N) is 1. The Morgan fingerprint density at radius 1 is 1.37 bits per heavy atom. The minimum Gasteiger partial charge on any atom is -0.475 e. The predicted octanol–water partition coefficient (Wildman–Crippen LogP) is 2.26. The Morgan fingerprint density at radius 3 is 2.79 bits per heavy atom. The van der Waals surface area contributed by atoms with Gasteiger partial charge in [0.15, 0.2) is 0 Å². The van der Waals surface area contributed by atoms with Crippen LogP contribution in [-0.4, -0.2) is 28.3 Å². The van der Waals surface area contributed by atoms with Crippen molar-refractivity contribution < 1.29 is 9.84 Å². The monoisotopic (exact) mass is 264 g/mol. The van der Waals surface area contributed by atoms with E-state index in [4.69, 9.17) is 4.74 Å². The zero-order chi connectivity index (χ0) is 13.7. The Labute approximate surface area is 115 Å². The molecule has 0 atom stereocenters. The predicted molar refractivity (Wildman–Crippen MR) is 75.1 cm³/mol. The summed E-state index contributed by atoms with van der Waals surface area (Å²) in [6.45, 7) is 4.79. The van der Waals surface area contributed by atoms with Crippen molar-refractivity contribution in [2.75, 3.05) is 0 Å². The molecule has 0 radical (unpaired) electrons. The molecule has 0 saturated heterocycles. The third kappa shape index (κ3) is 4.48. The molecule has 1 aliphatic rings. The molecule has 0 bridgehead atoms. The maximum Gasteiger partial charge on any atom is 0.218 e. The summed E-state index contributed by atoms with van der Waals surface area (Å²) in [4.78, 5) is 4.29. The lowest BCUT2D eigenvalue weighted by Gasteiger charge is -2.26. The molecule has 0 amide bonds. The smallest absolute Gasteiger partial charge is 0.218 e. The first kappa shape index (κ1) is 14.3. The van der Waals surface area contributed by atoms with Crippen LogP contribution in [0, 0.1) is 0 Å². The summed E-state index contributed by atoms with van der Waals surface area (Å²) in [7, 11) is 0. The Balaban J connectivity index is 1.88. The van der Waals surface area contributed by atoms with Crippen molar-refractivity contribution in [2.24, 2.45) is 0 Å². The van der Waals surface area contributed by atoms with Gasteiger partial charge in [0.25, 0.3) is 0 Å². The number of pyridine rings is 1. The van der Waals surface area contributed by atoms with Crippen molar-refractivity contribution in [1.29, 1.82) is 0 Å². The molecule has 0 spiro atoms. The van der Waals surface area contributed by atoms with E-state index in [9.17, 15) is 5.11 Å². The van der Waals surface area contributed by atoms with Gasteiger partial charge in [0.2, 0.25) is 5.88 Å². The Bertz CT molecular complexity index is 387. The molecule has 1 fully saturated rings. The van der Waals surface area contributed by atoms with E-state index >= 15 is 0 Å². The summed E-state index contributed by atoms with van der Waals surface area (Å²) in [5.74, 6) is 0.723. The number of aliphatic hydroxyl groups is 1. The van der Waals surface area contributed by atoms with E-state index in [1.54, 1.807) is 6.20 Å². The zero-order valence-electron chi connectivity index (χ0n) is 11.8. The van der Waals surface area contributed by atoms with Gasteiger partial charge >= 0.3 is 0 Å². The molecule has 1 aliphatic carbocycles. The minimum absolute atomic E-state index is 0.101. The van der Waals surface area contributed by atoms with Gasteiger partial charge < -0.3 is 15.2 Å². The molecule has 4 heteroatoms. The molecule has 0 unspecified atom stereocenters. The van der Waals surface area contributed by atoms with Crippen LogP contribution in [0.4, 0.5) is 0 Å². The molecular formula is C15H24N2O2. The van der Waals surface area contributed by atoms with Crippen molar-refractivity contribution in [2.45, 2.75) is 64.3 Å². The molecule has 2 rings (SSSR count). The second-order valence-corrected chi connectivity index (χ2v) is 5.52. The van der Waals surface area contributed by atoms with Gasteiger partial charge in [-0.3, -0.25) is 0 Å². The summed E-state index contributed by atoms with van der Waals surface area (Å²) in [5.41, 5.74) is 1.10. The summed E-state index contributed by atoms with van der Waals surface area (Å²) in [5, 5.41) is 13.0. The van der Waals surface area contributed by atoms with Crippen molar-refractivity contribution in [3.8, 4) is 5.88 Å². The normalized spacial score (nSPS) is 23.6. The lowest BCUT2D eigenvalue weighted by Crippen LogP contribution is -2.34. The zero-order valence-corrected chi connectivity index (χ0v) is 11.8. The van der Waals surface area contributed by atoms with E-state index < -0.39 is 0 Å². The standard InChI is InChI=1S/C15H24N2O2/c1-11(2)19-15-12(4-3-9-16-15)10-17-13-5-7-14(18)8-6-13/h3-4,9,11,13-14,17-18H,5-8,10H2,1-2H3. The molecule has 1 saturated carbocycles. The Morgan fingerprint density at radius 2 is 2.11 bits per heavy atom. The molecule has 19 heavy (non-hydrogen) atoms. The van der Waals surface area contributed by atoms with Gasteiger partial charge in [0, 0.05) is 24.3 Å². The fourth-order valence-electron chi connectivity index (χ4n) is 2.42. The van der Waals surface area contributed by atoms with E-state index in [1.165, 1.54) is 0 Å². The van der Waals surface area contributed by atoms with Crippen LogP contribution in [0.2, 0.25) is 0 Å². The minimum atomic E-state index is -0.101. The first-order chi connectivity index (χ1) is 9.15. The first-order valence-electron chi connectivity index (χ1n) is 7.17. The maximum absolute atomic E-state index is 9.50. The van der Waals surface area contributed by atoms with Crippen LogP contribution in [0.3, 0.4) is 0 Å². The molecule has 106 valence electrons. The Kier molecular flexibility index (Phi) is 5.16. The van der Waals surface area contributed by atoms with Gasteiger partial charge in [0.05, 0.1) is 12.2 Å². The second-order valence-electron chi connectivity index (χ2n) is 5.52. The van der Waals surface area contributed by atoms with E-state index in [-0.39, 0.29) is 12.2 Å². The molecule has 0 aliphatic heterocycles. The number of rotatable bonds is 5. The first-order valence-corrected chi connectivity index (χ1v) is 7.17. The highest BCUT2D eigenvalue weighted by Crippen LogP contribution is 2.20. The van der Waals surface area contributed by atoms with Crippen LogP contribution in [0.5, 0.6) is 5.88 Å². The number of hydrogen-bond donors (Lipinski definition) is 2. The largest absolute Gasteiger partial charge is 0.475 e. The van der Waals surface area contributed by atoms with E-state index in [0.29, 0.717) is 6.04 Å². The van der Waals surface area contributed by atoms with Crippen molar-refractivity contribution in [3.63, 3.8) is 0 Å². The summed E-state index contributed by atoms with van der Waals surface area (Å²) in [6, 6.07) is 4.49. The SMILES string of the molecule is CC(C)Oc1ncccc1CNC1CCC(O)CC1. The fraction of sp³-hybridized carbons (Fsp3) is 0.667. The lowest BCUT2D eigenvalue weighted by atomic mass is 9.93. The fourth-order valence-corrected chi connectivity index (χ4v) is 2.42.